The van der Waals surface area contributed by atoms with Crippen molar-refractivity contribution < 1.29 is 9.47 Å². The molecule has 6 N–H and O–H groups in total. The van der Waals surface area contributed by atoms with E-state index in [9.17, 15) is 0 Å². The van der Waals surface area contributed by atoms with E-state index in [2.05, 4.69) is 24.3 Å². The highest BCUT2D eigenvalue weighted by Crippen LogP contribution is 2.24. The van der Waals surface area contributed by atoms with E-state index in [4.69, 9.17) is 31.8 Å². The minimum absolute atomic E-state index is 0.0396. The number of benzene rings is 4. The van der Waals surface area contributed by atoms with Crippen molar-refractivity contribution in [3.63, 3.8) is 0 Å². The van der Waals surface area contributed by atoms with Crippen LogP contribution in [-0.2, 0) is 13.2 Å². The van der Waals surface area contributed by atoms with Crippen molar-refractivity contribution in [1.29, 1.82) is 10.8 Å². The fourth-order valence-corrected chi connectivity index (χ4v) is 3.48. The van der Waals surface area contributed by atoms with Crippen LogP contribution in [-0.4, -0.2) is 11.7 Å². The van der Waals surface area contributed by atoms with E-state index < -0.39 is 0 Å². The highest BCUT2D eigenvalue weighted by molar-refractivity contribution is 5.95. The van der Waals surface area contributed by atoms with Crippen molar-refractivity contribution in [2.24, 2.45) is 11.5 Å². The topological polar surface area (TPSA) is 118 Å². The molecule has 0 aliphatic rings. The van der Waals surface area contributed by atoms with E-state index in [0.717, 1.165) is 33.8 Å². The molecule has 6 nitrogen and oxygen atoms in total. The molecular weight excluding hydrogens is 424 g/mol. The summed E-state index contributed by atoms with van der Waals surface area (Å²) in [4.78, 5) is 0. The molecule has 6 heteroatoms. The summed E-state index contributed by atoms with van der Waals surface area (Å²) in [6.45, 7) is 0.874. The van der Waals surface area contributed by atoms with Gasteiger partial charge in [-0.25, -0.2) is 0 Å². The molecule has 0 radical (unpaired) electrons. The maximum absolute atomic E-state index is 7.47. The van der Waals surface area contributed by atoms with E-state index in [1.54, 1.807) is 24.3 Å². The van der Waals surface area contributed by atoms with Crippen LogP contribution in [0.4, 0.5) is 0 Å². The average Bonchev–Trinajstić information content (AvgIpc) is 2.87. The predicted molar refractivity (Wildman–Crippen MR) is 135 cm³/mol. The van der Waals surface area contributed by atoms with E-state index in [1.165, 1.54) is 0 Å². The molecule has 0 heterocycles. The zero-order valence-corrected chi connectivity index (χ0v) is 18.6. The Bertz CT molecular complexity index is 1200. The Hall–Kier alpha value is -4.58. The van der Waals surface area contributed by atoms with Gasteiger partial charge in [-0.1, -0.05) is 36.4 Å². The second kappa shape index (κ2) is 10.4. The van der Waals surface area contributed by atoms with Crippen molar-refractivity contribution >= 4 is 11.7 Å². The SMILES string of the molecule is N=C(N)c1ccc(OCc2cccc(-c3cccc(COc4ccc(C(=N)N)cc4)c3)c2)cc1. The summed E-state index contributed by atoms with van der Waals surface area (Å²) >= 11 is 0. The van der Waals surface area contributed by atoms with Crippen molar-refractivity contribution in [2.45, 2.75) is 13.2 Å². The van der Waals surface area contributed by atoms with Crippen LogP contribution in [0.2, 0.25) is 0 Å². The van der Waals surface area contributed by atoms with Crippen molar-refractivity contribution in [3.05, 3.63) is 119 Å². The number of ether oxygens (including phenoxy) is 2. The van der Waals surface area contributed by atoms with Crippen molar-refractivity contribution in [2.75, 3.05) is 0 Å². The number of nitrogens with two attached hydrogens (primary N) is 2. The number of amidine groups is 2. The molecule has 0 fully saturated rings. The van der Waals surface area contributed by atoms with E-state index in [1.807, 2.05) is 48.5 Å². The van der Waals surface area contributed by atoms with Gasteiger partial charge in [0.2, 0.25) is 0 Å². The Morgan fingerprint density at radius 3 is 1.29 bits per heavy atom. The van der Waals surface area contributed by atoms with Crippen LogP contribution >= 0.6 is 0 Å². The normalized spacial score (nSPS) is 10.5. The number of rotatable bonds is 9. The average molecular weight is 451 g/mol. The van der Waals surface area contributed by atoms with Crippen LogP contribution in [0.3, 0.4) is 0 Å². The third kappa shape index (κ3) is 5.81. The molecule has 0 spiro atoms. The summed E-state index contributed by atoms with van der Waals surface area (Å²) in [6, 6.07) is 30.9. The largest absolute Gasteiger partial charge is 0.489 e. The molecule has 0 aliphatic heterocycles. The molecule has 0 aliphatic carbocycles. The minimum atomic E-state index is 0.0396. The van der Waals surface area contributed by atoms with Crippen molar-refractivity contribution in [1.82, 2.24) is 0 Å². The molecule has 170 valence electrons. The second-order valence-electron chi connectivity index (χ2n) is 7.85. The zero-order chi connectivity index (χ0) is 23.9. The lowest BCUT2D eigenvalue weighted by atomic mass is 10.0. The van der Waals surface area contributed by atoms with Gasteiger partial charge in [0.1, 0.15) is 36.4 Å². The van der Waals surface area contributed by atoms with E-state index >= 15 is 0 Å². The van der Waals surface area contributed by atoms with Gasteiger partial charge in [-0.3, -0.25) is 10.8 Å². The molecule has 0 unspecified atom stereocenters. The summed E-state index contributed by atoms with van der Waals surface area (Å²) in [7, 11) is 0. The lowest BCUT2D eigenvalue weighted by Crippen LogP contribution is -2.10. The molecule has 0 amide bonds. The third-order valence-corrected chi connectivity index (χ3v) is 5.33. The monoisotopic (exact) mass is 450 g/mol. The van der Waals surface area contributed by atoms with Gasteiger partial charge in [-0.2, -0.15) is 0 Å². The molecule has 0 saturated carbocycles. The minimum Gasteiger partial charge on any atom is -0.489 e. The fourth-order valence-electron chi connectivity index (χ4n) is 3.48. The quantitative estimate of drug-likeness (QED) is 0.210. The molecule has 0 saturated heterocycles. The van der Waals surface area contributed by atoms with Crippen LogP contribution in [0.5, 0.6) is 11.5 Å². The second-order valence-corrected chi connectivity index (χ2v) is 7.85. The molecule has 34 heavy (non-hydrogen) atoms. The molecule has 4 aromatic rings. The first-order valence-electron chi connectivity index (χ1n) is 10.8. The summed E-state index contributed by atoms with van der Waals surface area (Å²) in [5, 5.41) is 14.9. The Morgan fingerprint density at radius 2 is 0.941 bits per heavy atom. The summed E-state index contributed by atoms with van der Waals surface area (Å²) in [5.41, 5.74) is 16.6. The highest BCUT2D eigenvalue weighted by Gasteiger charge is 2.04. The summed E-state index contributed by atoms with van der Waals surface area (Å²) in [6.07, 6.45) is 0. The summed E-state index contributed by atoms with van der Waals surface area (Å²) < 4.78 is 11.8. The van der Waals surface area contributed by atoms with Gasteiger partial charge in [0.15, 0.2) is 0 Å². The van der Waals surface area contributed by atoms with Gasteiger partial charge in [0.05, 0.1) is 0 Å². The smallest absolute Gasteiger partial charge is 0.122 e. The van der Waals surface area contributed by atoms with E-state index in [-0.39, 0.29) is 11.7 Å². The lowest BCUT2D eigenvalue weighted by molar-refractivity contribution is 0.306. The first-order valence-corrected chi connectivity index (χ1v) is 10.8. The van der Waals surface area contributed by atoms with Crippen LogP contribution in [0.15, 0.2) is 97.1 Å². The predicted octanol–water partition coefficient (Wildman–Crippen LogP) is 5.08. The number of nitrogens with one attached hydrogen (secondary N) is 2. The summed E-state index contributed by atoms with van der Waals surface area (Å²) in [5.74, 6) is 1.53. The van der Waals surface area contributed by atoms with Gasteiger partial charge in [-0.05, 0) is 82.9 Å². The third-order valence-electron chi connectivity index (χ3n) is 5.33. The number of hydrogen-bond acceptors (Lipinski definition) is 4. The molecule has 0 atom stereocenters. The molecule has 4 aromatic carbocycles. The van der Waals surface area contributed by atoms with Crippen LogP contribution in [0.1, 0.15) is 22.3 Å². The van der Waals surface area contributed by atoms with Gasteiger partial charge >= 0.3 is 0 Å². The Morgan fingerprint density at radius 1 is 0.559 bits per heavy atom. The van der Waals surface area contributed by atoms with Gasteiger partial charge in [0.25, 0.3) is 0 Å². The first kappa shape index (κ1) is 22.6. The van der Waals surface area contributed by atoms with Gasteiger partial charge < -0.3 is 20.9 Å². The Kier molecular flexibility index (Phi) is 6.89. The Balaban J connectivity index is 1.40. The van der Waals surface area contributed by atoms with Gasteiger partial charge in [-0.15, -0.1) is 0 Å². The lowest BCUT2D eigenvalue weighted by Gasteiger charge is -2.11. The van der Waals surface area contributed by atoms with Gasteiger partial charge in [0, 0.05) is 11.1 Å². The van der Waals surface area contributed by atoms with Crippen LogP contribution in [0.25, 0.3) is 11.1 Å². The van der Waals surface area contributed by atoms with Crippen molar-refractivity contribution in [3.8, 4) is 22.6 Å². The maximum Gasteiger partial charge on any atom is 0.122 e. The van der Waals surface area contributed by atoms with Crippen LogP contribution in [0, 0.1) is 10.8 Å². The Labute approximate surface area is 198 Å². The highest BCUT2D eigenvalue weighted by atomic mass is 16.5. The molecule has 0 aromatic heterocycles. The molecular formula is C28H26N4O2. The molecule has 0 bridgehead atoms. The zero-order valence-electron chi connectivity index (χ0n) is 18.6. The fraction of sp³-hybridized carbons (Fsp3) is 0.0714. The number of hydrogen-bond donors (Lipinski definition) is 4. The number of nitrogen functional groups attached to an aromatic ring is 2. The first-order chi connectivity index (χ1) is 16.5. The molecule has 4 rings (SSSR count). The van der Waals surface area contributed by atoms with E-state index in [0.29, 0.717) is 24.3 Å². The maximum atomic E-state index is 7.47. The standard InChI is InChI=1S/C28H26N4O2/c29-27(30)21-7-11-25(12-8-21)33-17-19-3-1-5-23(15-19)24-6-2-4-20(16-24)18-34-26-13-9-22(10-14-26)28(31)32/h1-16H,17-18H2,(H3,29,30)(H3,31,32). The van der Waals surface area contributed by atoms with Crippen LogP contribution < -0.4 is 20.9 Å².